The molecule has 3 rings (SSSR count). The van der Waals surface area contributed by atoms with Crippen LogP contribution >= 0.6 is 0 Å². The van der Waals surface area contributed by atoms with Gasteiger partial charge in [-0.05, 0) is 24.5 Å². The van der Waals surface area contributed by atoms with Crippen molar-refractivity contribution in [1.82, 2.24) is 19.5 Å². The number of carbonyl (C=O) groups is 1. The average Bonchev–Trinajstić information content (AvgIpc) is 3.05. The van der Waals surface area contributed by atoms with E-state index in [1.54, 1.807) is 24.5 Å². The number of para-hydroxylation sites is 1. The Morgan fingerprint density at radius 3 is 2.69 bits per heavy atom. The molecule has 0 fully saturated rings. The molecule has 26 heavy (non-hydrogen) atoms. The average molecular weight is 355 g/mol. The van der Waals surface area contributed by atoms with Crippen LogP contribution in [0.25, 0.3) is 11.2 Å². The lowest BCUT2D eigenvalue weighted by atomic mass is 10.0. The van der Waals surface area contributed by atoms with Crippen molar-refractivity contribution in [3.8, 4) is 0 Å². The minimum absolute atomic E-state index is 0.0156. The maximum atomic E-state index is 11.4. The highest BCUT2D eigenvalue weighted by Crippen LogP contribution is 2.27. The van der Waals surface area contributed by atoms with Gasteiger partial charge in [0.2, 0.25) is 0 Å². The van der Waals surface area contributed by atoms with Crippen molar-refractivity contribution in [2.75, 3.05) is 11.9 Å². The summed E-state index contributed by atoms with van der Waals surface area (Å²) in [6.45, 7) is 4.16. The molecule has 0 spiro atoms. The Bertz CT molecular complexity index is 922. The topological polar surface area (TPSA) is 113 Å². The van der Waals surface area contributed by atoms with E-state index in [-0.39, 0.29) is 18.2 Å². The Morgan fingerprint density at radius 2 is 2.00 bits per heavy atom. The van der Waals surface area contributed by atoms with Crippen molar-refractivity contribution < 1.29 is 15.0 Å². The van der Waals surface area contributed by atoms with Crippen molar-refractivity contribution in [3.05, 3.63) is 42.5 Å². The summed E-state index contributed by atoms with van der Waals surface area (Å²) in [5.74, 6) is -0.198. The summed E-state index contributed by atoms with van der Waals surface area (Å²) in [7, 11) is 0. The summed E-state index contributed by atoms with van der Waals surface area (Å²) in [6, 6.07) is 6.47. The first-order chi connectivity index (χ1) is 12.5. The molecule has 8 nitrogen and oxygen atoms in total. The highest BCUT2D eigenvalue weighted by molar-refractivity contribution is 5.96. The van der Waals surface area contributed by atoms with Crippen LogP contribution in [0.5, 0.6) is 0 Å². The van der Waals surface area contributed by atoms with E-state index in [2.05, 4.69) is 34.1 Å². The number of benzene rings is 1. The molecule has 0 aliphatic carbocycles. The summed E-state index contributed by atoms with van der Waals surface area (Å²) in [6.07, 6.45) is 3.82. The number of aliphatic hydroxyl groups excluding tert-OH is 1. The zero-order valence-electron chi connectivity index (χ0n) is 14.6. The molecule has 2 aromatic heterocycles. The normalized spacial score (nSPS) is 12.5. The molecule has 0 saturated heterocycles. The number of hydrogen-bond donors (Lipinski definition) is 3. The fraction of sp³-hybridized carbons (Fsp3) is 0.333. The number of fused-ring (bicyclic) bond motifs is 1. The van der Waals surface area contributed by atoms with Gasteiger partial charge in [-0.3, -0.25) is 0 Å². The van der Waals surface area contributed by atoms with Gasteiger partial charge in [0.25, 0.3) is 0 Å². The molecule has 8 heteroatoms. The third kappa shape index (κ3) is 3.50. The number of imidazole rings is 1. The first-order valence-electron chi connectivity index (χ1n) is 8.39. The van der Waals surface area contributed by atoms with Gasteiger partial charge in [-0.25, -0.2) is 19.7 Å². The van der Waals surface area contributed by atoms with E-state index in [1.165, 1.54) is 12.4 Å². The van der Waals surface area contributed by atoms with Crippen LogP contribution in [0.3, 0.4) is 0 Å². The number of nitrogens with zero attached hydrogens (tertiary/aromatic N) is 4. The number of aliphatic hydroxyl groups is 1. The van der Waals surface area contributed by atoms with Gasteiger partial charge < -0.3 is 20.1 Å². The molecule has 1 aromatic carbocycles. The van der Waals surface area contributed by atoms with Gasteiger partial charge in [-0.2, -0.15) is 0 Å². The molecule has 0 saturated carbocycles. The number of aromatic carboxylic acids is 1. The summed E-state index contributed by atoms with van der Waals surface area (Å²) < 4.78 is 1.84. The second-order valence-electron chi connectivity index (χ2n) is 6.49. The second-order valence-corrected chi connectivity index (χ2v) is 6.49. The summed E-state index contributed by atoms with van der Waals surface area (Å²) in [4.78, 5) is 24.3. The van der Waals surface area contributed by atoms with Crippen LogP contribution in [0, 0.1) is 5.92 Å². The van der Waals surface area contributed by atoms with Crippen molar-refractivity contribution >= 4 is 28.6 Å². The van der Waals surface area contributed by atoms with Crippen LogP contribution in [0.1, 0.15) is 36.7 Å². The van der Waals surface area contributed by atoms with Crippen LogP contribution in [-0.4, -0.2) is 42.3 Å². The first kappa shape index (κ1) is 17.8. The predicted molar refractivity (Wildman–Crippen MR) is 97.6 cm³/mol. The van der Waals surface area contributed by atoms with E-state index >= 15 is 0 Å². The smallest absolute Gasteiger partial charge is 0.337 e. The highest BCUT2D eigenvalue weighted by Gasteiger charge is 2.19. The van der Waals surface area contributed by atoms with Crippen molar-refractivity contribution in [3.63, 3.8) is 0 Å². The van der Waals surface area contributed by atoms with Gasteiger partial charge in [-0.1, -0.05) is 26.0 Å². The van der Waals surface area contributed by atoms with Gasteiger partial charge in [0.15, 0.2) is 17.0 Å². The molecule has 0 bridgehead atoms. The monoisotopic (exact) mass is 355 g/mol. The summed E-state index contributed by atoms with van der Waals surface area (Å²) >= 11 is 0. The number of nitrogens with one attached hydrogen (secondary N) is 1. The van der Waals surface area contributed by atoms with E-state index in [0.29, 0.717) is 28.6 Å². The van der Waals surface area contributed by atoms with E-state index in [1.807, 2.05) is 4.57 Å². The lowest BCUT2D eigenvalue weighted by Crippen LogP contribution is -2.15. The third-order valence-corrected chi connectivity index (χ3v) is 4.12. The van der Waals surface area contributed by atoms with Crippen LogP contribution < -0.4 is 5.32 Å². The zero-order chi connectivity index (χ0) is 18.7. The highest BCUT2D eigenvalue weighted by atomic mass is 16.4. The number of rotatable bonds is 7. The van der Waals surface area contributed by atoms with Crippen molar-refractivity contribution in [2.24, 2.45) is 5.92 Å². The van der Waals surface area contributed by atoms with E-state index in [9.17, 15) is 15.0 Å². The first-order valence-corrected chi connectivity index (χ1v) is 8.39. The van der Waals surface area contributed by atoms with Crippen LogP contribution in [0.15, 0.2) is 36.9 Å². The van der Waals surface area contributed by atoms with Crippen molar-refractivity contribution in [1.29, 1.82) is 0 Å². The van der Waals surface area contributed by atoms with Gasteiger partial charge in [-0.15, -0.1) is 0 Å². The minimum atomic E-state index is -1.03. The van der Waals surface area contributed by atoms with Gasteiger partial charge in [0.1, 0.15) is 6.33 Å². The number of carboxylic acid groups (broad SMARTS) is 1. The SMILES string of the molecule is CC(C)CC(CO)n1cnc2c(Nc3ccccc3C(=O)O)ncnc21. The van der Waals surface area contributed by atoms with Gasteiger partial charge >= 0.3 is 5.97 Å². The molecule has 2 heterocycles. The Kier molecular flexibility index (Phi) is 5.13. The van der Waals surface area contributed by atoms with Gasteiger partial charge in [0, 0.05) is 0 Å². The molecular formula is C18H21N5O3. The maximum Gasteiger partial charge on any atom is 0.337 e. The number of hydrogen-bond acceptors (Lipinski definition) is 6. The largest absolute Gasteiger partial charge is 0.478 e. The molecule has 136 valence electrons. The lowest BCUT2D eigenvalue weighted by Gasteiger charge is -2.18. The maximum absolute atomic E-state index is 11.4. The molecule has 1 atom stereocenters. The minimum Gasteiger partial charge on any atom is -0.478 e. The fourth-order valence-electron chi connectivity index (χ4n) is 2.94. The van der Waals surface area contributed by atoms with Crippen molar-refractivity contribution in [2.45, 2.75) is 26.3 Å². The second kappa shape index (κ2) is 7.49. The van der Waals surface area contributed by atoms with E-state index in [0.717, 1.165) is 6.42 Å². The fourth-order valence-corrected chi connectivity index (χ4v) is 2.94. The Hall–Kier alpha value is -3.00. The Labute approximate surface area is 150 Å². The molecule has 0 aliphatic rings. The predicted octanol–water partition coefficient (Wildman–Crippen LogP) is 2.85. The quantitative estimate of drug-likeness (QED) is 0.597. The van der Waals surface area contributed by atoms with Crippen LogP contribution in [0.2, 0.25) is 0 Å². The molecule has 3 N–H and O–H groups in total. The molecule has 0 aliphatic heterocycles. The zero-order valence-corrected chi connectivity index (χ0v) is 14.6. The Morgan fingerprint density at radius 1 is 1.23 bits per heavy atom. The third-order valence-electron chi connectivity index (χ3n) is 4.12. The number of carboxylic acids is 1. The summed E-state index contributed by atoms with van der Waals surface area (Å²) in [5.41, 5.74) is 1.69. The molecule has 3 aromatic rings. The van der Waals surface area contributed by atoms with E-state index < -0.39 is 5.97 Å². The summed E-state index contributed by atoms with van der Waals surface area (Å²) in [5, 5.41) is 22.1. The molecule has 1 unspecified atom stereocenters. The standard InChI is InChI=1S/C18H21N5O3/c1-11(2)7-12(8-24)23-10-21-15-16(19-9-20-17(15)23)22-14-6-4-3-5-13(14)18(25)26/h3-6,9-12,24H,7-8H2,1-2H3,(H,25,26)(H,19,20,22). The number of anilines is 2. The lowest BCUT2D eigenvalue weighted by molar-refractivity contribution is 0.0698. The molecule has 0 amide bonds. The number of aromatic nitrogens is 4. The van der Waals surface area contributed by atoms with Crippen LogP contribution in [0.4, 0.5) is 11.5 Å². The van der Waals surface area contributed by atoms with Crippen LogP contribution in [-0.2, 0) is 0 Å². The van der Waals surface area contributed by atoms with E-state index in [4.69, 9.17) is 0 Å². The Balaban J connectivity index is 2.00. The molecule has 0 radical (unpaired) electrons. The van der Waals surface area contributed by atoms with Gasteiger partial charge in [0.05, 0.1) is 30.2 Å². The molecular weight excluding hydrogens is 334 g/mol.